The molecule has 0 saturated carbocycles. The topological polar surface area (TPSA) is 55.6 Å². The summed E-state index contributed by atoms with van der Waals surface area (Å²) in [5, 5.41) is 0. The molecule has 1 rings (SSSR count). The van der Waals surface area contributed by atoms with Crippen LogP contribution in [0.4, 0.5) is 0 Å². The third kappa shape index (κ3) is 4.13. The molecule has 0 aliphatic rings. The maximum atomic E-state index is 11.9. The molecule has 0 bridgehead atoms. The highest BCUT2D eigenvalue weighted by atomic mass is 16.5. The molecule has 0 aliphatic heterocycles. The lowest BCUT2D eigenvalue weighted by molar-refractivity contribution is -0.132. The molecule has 0 radical (unpaired) electrons. The van der Waals surface area contributed by atoms with E-state index in [-0.39, 0.29) is 11.8 Å². The lowest BCUT2D eigenvalue weighted by atomic mass is 9.97. The highest BCUT2D eigenvalue weighted by Crippen LogP contribution is 2.12. The van der Waals surface area contributed by atoms with Gasteiger partial charge >= 0.3 is 0 Å². The minimum absolute atomic E-state index is 0.0819. The van der Waals surface area contributed by atoms with E-state index in [4.69, 9.17) is 10.5 Å². The number of carbonyl (C=O) groups excluding carboxylic acids is 1. The number of rotatable bonds is 6. The first-order chi connectivity index (χ1) is 8.58. The second-order valence-corrected chi connectivity index (χ2v) is 4.62. The van der Waals surface area contributed by atoms with E-state index < -0.39 is 0 Å². The number of methoxy groups -OCH3 is 1. The number of carbonyl (C=O) groups is 1. The summed E-state index contributed by atoms with van der Waals surface area (Å²) < 4.78 is 5.06. The third-order valence-corrected chi connectivity index (χ3v) is 2.89. The van der Waals surface area contributed by atoms with Crippen molar-refractivity contribution >= 4 is 5.91 Å². The van der Waals surface area contributed by atoms with Crippen molar-refractivity contribution in [3.05, 3.63) is 35.4 Å². The van der Waals surface area contributed by atoms with Gasteiger partial charge in [0.15, 0.2) is 0 Å². The molecule has 18 heavy (non-hydrogen) atoms. The van der Waals surface area contributed by atoms with Gasteiger partial charge in [-0.1, -0.05) is 24.3 Å². The van der Waals surface area contributed by atoms with E-state index in [2.05, 4.69) is 0 Å². The van der Waals surface area contributed by atoms with Crippen LogP contribution < -0.4 is 5.73 Å². The van der Waals surface area contributed by atoms with E-state index in [1.165, 1.54) is 0 Å². The highest BCUT2D eigenvalue weighted by Gasteiger charge is 2.18. The van der Waals surface area contributed by atoms with E-state index in [0.29, 0.717) is 19.6 Å². The van der Waals surface area contributed by atoms with Gasteiger partial charge in [-0.05, 0) is 17.5 Å². The molecule has 100 valence electrons. The molecule has 2 N–H and O–H groups in total. The summed E-state index contributed by atoms with van der Waals surface area (Å²) in [6.07, 6.45) is 0.681. The van der Waals surface area contributed by atoms with Crippen molar-refractivity contribution in [3.8, 4) is 0 Å². The molecule has 0 heterocycles. The zero-order valence-corrected chi connectivity index (χ0v) is 11.3. The molecule has 0 saturated heterocycles. The average molecular weight is 250 g/mol. The van der Waals surface area contributed by atoms with Crippen molar-refractivity contribution < 1.29 is 9.53 Å². The van der Waals surface area contributed by atoms with Crippen LogP contribution in [0.2, 0.25) is 0 Å². The van der Waals surface area contributed by atoms with Gasteiger partial charge in [0.05, 0.1) is 12.5 Å². The maximum Gasteiger partial charge on any atom is 0.226 e. The van der Waals surface area contributed by atoms with Crippen molar-refractivity contribution in [1.82, 2.24) is 4.90 Å². The predicted octanol–water partition coefficient (Wildman–Crippen LogP) is 1.04. The van der Waals surface area contributed by atoms with Gasteiger partial charge in [0.1, 0.15) is 0 Å². The summed E-state index contributed by atoms with van der Waals surface area (Å²) in [5.41, 5.74) is 7.92. The zero-order valence-electron chi connectivity index (χ0n) is 11.3. The molecule has 0 aromatic heterocycles. The Balaban J connectivity index is 2.67. The first-order valence-corrected chi connectivity index (χ1v) is 6.06. The summed E-state index contributed by atoms with van der Waals surface area (Å²) in [7, 11) is 5.19. The molecule has 4 nitrogen and oxygen atoms in total. The number of amides is 1. The Kier molecular flexibility index (Phi) is 5.82. The first-order valence-electron chi connectivity index (χ1n) is 6.06. The summed E-state index contributed by atoms with van der Waals surface area (Å²) in [4.78, 5) is 13.5. The van der Waals surface area contributed by atoms with Crippen LogP contribution in [0.15, 0.2) is 24.3 Å². The molecule has 4 heteroatoms. The number of benzene rings is 1. The maximum absolute atomic E-state index is 11.9. The Labute approximate surface area is 109 Å². The van der Waals surface area contributed by atoms with Crippen LogP contribution in [0.3, 0.4) is 0 Å². The van der Waals surface area contributed by atoms with Crippen molar-refractivity contribution in [2.24, 2.45) is 11.7 Å². The molecule has 0 spiro atoms. The Morgan fingerprint density at radius 3 is 2.28 bits per heavy atom. The van der Waals surface area contributed by atoms with Gasteiger partial charge in [0.2, 0.25) is 5.91 Å². The zero-order chi connectivity index (χ0) is 13.5. The first kappa shape index (κ1) is 14.7. The van der Waals surface area contributed by atoms with Gasteiger partial charge in [-0.15, -0.1) is 0 Å². The largest absolute Gasteiger partial charge is 0.380 e. The smallest absolute Gasteiger partial charge is 0.226 e. The molecule has 0 fully saturated rings. The summed E-state index contributed by atoms with van der Waals surface area (Å²) in [5.74, 6) is -0.0632. The van der Waals surface area contributed by atoms with Gasteiger partial charge in [0, 0.05) is 27.7 Å². The van der Waals surface area contributed by atoms with Crippen molar-refractivity contribution in [1.29, 1.82) is 0 Å². The Hall–Kier alpha value is -1.39. The van der Waals surface area contributed by atoms with E-state index in [1.807, 2.05) is 24.3 Å². The van der Waals surface area contributed by atoms with Crippen molar-refractivity contribution in [2.75, 3.05) is 27.7 Å². The van der Waals surface area contributed by atoms with Crippen molar-refractivity contribution in [2.45, 2.75) is 13.0 Å². The normalized spacial score (nSPS) is 12.2. The van der Waals surface area contributed by atoms with Crippen molar-refractivity contribution in [3.63, 3.8) is 0 Å². The Morgan fingerprint density at radius 1 is 1.28 bits per heavy atom. The monoisotopic (exact) mass is 250 g/mol. The quantitative estimate of drug-likeness (QED) is 0.820. The van der Waals surface area contributed by atoms with E-state index in [9.17, 15) is 4.79 Å². The molecule has 1 aromatic rings. The number of hydrogen-bond acceptors (Lipinski definition) is 3. The van der Waals surface area contributed by atoms with Gasteiger partial charge in [-0.3, -0.25) is 4.79 Å². The van der Waals surface area contributed by atoms with Crippen LogP contribution in [0.5, 0.6) is 0 Å². The van der Waals surface area contributed by atoms with Crippen LogP contribution >= 0.6 is 0 Å². The van der Waals surface area contributed by atoms with Gasteiger partial charge in [-0.25, -0.2) is 0 Å². The molecule has 1 unspecified atom stereocenters. The Morgan fingerprint density at radius 2 is 1.83 bits per heavy atom. The summed E-state index contributed by atoms with van der Waals surface area (Å²) in [6.45, 7) is 0.980. The molecule has 1 aromatic carbocycles. The van der Waals surface area contributed by atoms with Crippen LogP contribution in [0.1, 0.15) is 11.1 Å². The molecular formula is C14H22N2O2. The number of hydrogen-bond donors (Lipinski definition) is 1. The predicted molar refractivity (Wildman–Crippen MR) is 72.1 cm³/mol. The number of ether oxygens (including phenoxy) is 1. The summed E-state index contributed by atoms with van der Waals surface area (Å²) >= 11 is 0. The second-order valence-electron chi connectivity index (χ2n) is 4.62. The number of nitrogens with two attached hydrogens (primary N) is 1. The molecule has 0 aliphatic carbocycles. The fourth-order valence-electron chi connectivity index (χ4n) is 1.86. The van der Waals surface area contributed by atoms with E-state index in [1.54, 1.807) is 26.1 Å². The fraction of sp³-hybridized carbons (Fsp3) is 0.500. The van der Waals surface area contributed by atoms with E-state index >= 15 is 0 Å². The molecule has 1 atom stereocenters. The minimum atomic E-state index is -0.145. The SMILES string of the molecule is COCc1ccc(CC(CN)C(=O)N(C)C)cc1. The van der Waals surface area contributed by atoms with Gasteiger partial charge in [-0.2, -0.15) is 0 Å². The lowest BCUT2D eigenvalue weighted by Gasteiger charge is -2.19. The second kappa shape index (κ2) is 7.13. The lowest BCUT2D eigenvalue weighted by Crippen LogP contribution is -2.35. The minimum Gasteiger partial charge on any atom is -0.380 e. The average Bonchev–Trinajstić information content (AvgIpc) is 2.37. The van der Waals surface area contributed by atoms with E-state index in [0.717, 1.165) is 11.1 Å². The summed E-state index contributed by atoms with van der Waals surface area (Å²) in [6, 6.07) is 8.10. The van der Waals surface area contributed by atoms with Gasteiger partial charge in [0.25, 0.3) is 0 Å². The molecule has 1 amide bonds. The fourth-order valence-corrected chi connectivity index (χ4v) is 1.86. The van der Waals surface area contributed by atoms with Gasteiger partial charge < -0.3 is 15.4 Å². The van der Waals surface area contributed by atoms with Crippen LogP contribution in [-0.4, -0.2) is 38.6 Å². The van der Waals surface area contributed by atoms with Crippen LogP contribution in [-0.2, 0) is 22.6 Å². The highest BCUT2D eigenvalue weighted by molar-refractivity contribution is 5.78. The standard InChI is InChI=1S/C14H22N2O2/c1-16(2)14(17)13(9-15)8-11-4-6-12(7-5-11)10-18-3/h4-7,13H,8-10,15H2,1-3H3. The Bertz CT molecular complexity index is 374. The van der Waals surface area contributed by atoms with Crippen LogP contribution in [0, 0.1) is 5.92 Å². The number of nitrogens with zero attached hydrogens (tertiary/aromatic N) is 1. The third-order valence-electron chi connectivity index (χ3n) is 2.89. The molecular weight excluding hydrogens is 228 g/mol. The van der Waals surface area contributed by atoms with Crippen LogP contribution in [0.25, 0.3) is 0 Å².